The Morgan fingerprint density at radius 1 is 1.00 bits per heavy atom. The quantitative estimate of drug-likeness (QED) is 0.206. The van der Waals surface area contributed by atoms with Crippen LogP contribution in [0.4, 0.5) is 0 Å². The van der Waals surface area contributed by atoms with Crippen LogP contribution in [0.5, 0.6) is 0 Å². The highest BCUT2D eigenvalue weighted by molar-refractivity contribution is 7.88. The van der Waals surface area contributed by atoms with Crippen molar-refractivity contribution in [3.8, 4) is 0 Å². The van der Waals surface area contributed by atoms with Gasteiger partial charge in [-0.1, -0.05) is 0 Å². The molecular weight excluding hydrogens is 462 g/mol. The maximum absolute atomic E-state index is 12.4. The third kappa shape index (κ3) is 8.74. The van der Waals surface area contributed by atoms with Crippen molar-refractivity contribution in [3.63, 3.8) is 0 Å². The van der Waals surface area contributed by atoms with E-state index in [1.807, 2.05) is 0 Å². The summed E-state index contributed by atoms with van der Waals surface area (Å²) in [7, 11) is -9.52. The summed E-state index contributed by atoms with van der Waals surface area (Å²) in [6, 6.07) is -0.362. The first-order chi connectivity index (χ1) is 13.7. The van der Waals surface area contributed by atoms with Crippen LogP contribution in [0.3, 0.4) is 0 Å². The number of amides is 3. The lowest BCUT2D eigenvalue weighted by Crippen LogP contribution is -2.45. The lowest BCUT2D eigenvalue weighted by molar-refractivity contribution is -0.128. The van der Waals surface area contributed by atoms with Gasteiger partial charge in [-0.05, 0) is 25.3 Å². The highest BCUT2D eigenvalue weighted by atomic mass is 32.3. The summed E-state index contributed by atoms with van der Waals surface area (Å²) in [4.78, 5) is 33.6. The van der Waals surface area contributed by atoms with E-state index in [2.05, 4.69) is 16.0 Å². The first-order valence-electron chi connectivity index (χ1n) is 8.58. The number of thiophene rings is 1. The molecule has 30 heavy (non-hydrogen) atoms. The van der Waals surface area contributed by atoms with Gasteiger partial charge in [0.1, 0.15) is 15.1 Å². The number of hydrogen-bond acceptors (Lipinski definition) is 8. The molecule has 3 amide bonds. The van der Waals surface area contributed by atoms with Crippen molar-refractivity contribution in [2.24, 2.45) is 0 Å². The molecule has 1 heterocycles. The van der Waals surface area contributed by atoms with Gasteiger partial charge >= 0.3 is 10.1 Å². The molecule has 170 valence electrons. The zero-order valence-electron chi connectivity index (χ0n) is 16.2. The Kier molecular flexibility index (Phi) is 9.35. The highest BCUT2D eigenvalue weighted by Crippen LogP contribution is 2.29. The molecule has 1 aromatic heterocycles. The molecule has 1 unspecified atom stereocenters. The van der Waals surface area contributed by atoms with Crippen LogP contribution in [0.25, 0.3) is 0 Å². The summed E-state index contributed by atoms with van der Waals surface area (Å²) in [5.74, 6) is -1.32. The Morgan fingerprint density at radius 2 is 1.63 bits per heavy atom. The van der Waals surface area contributed by atoms with E-state index < -0.39 is 53.7 Å². The molecule has 1 aromatic rings. The monoisotopic (exact) mass is 485 g/mol. The van der Waals surface area contributed by atoms with Crippen molar-refractivity contribution < 1.29 is 40.3 Å². The highest BCUT2D eigenvalue weighted by Gasteiger charge is 2.26. The smallest absolute Gasteiger partial charge is 0.304 e. The Bertz CT molecular complexity index is 1000. The lowest BCUT2D eigenvalue weighted by atomic mass is 10.1. The minimum absolute atomic E-state index is 0.194. The van der Waals surface area contributed by atoms with Gasteiger partial charge in [0, 0.05) is 25.3 Å². The fraction of sp³-hybridized carbons (Fsp3) is 0.533. The van der Waals surface area contributed by atoms with Crippen molar-refractivity contribution in [3.05, 3.63) is 10.9 Å². The fourth-order valence-corrected chi connectivity index (χ4v) is 5.33. The van der Waals surface area contributed by atoms with Gasteiger partial charge in [0.15, 0.2) is 0 Å². The molecule has 0 aliphatic rings. The molecule has 15 heteroatoms. The van der Waals surface area contributed by atoms with Gasteiger partial charge in [-0.15, -0.1) is 11.3 Å². The molecular formula is C15H23N3O9S3. The van der Waals surface area contributed by atoms with E-state index in [1.165, 1.54) is 13.8 Å². The number of carbonyl (C=O) groups excluding carboxylic acids is 3. The Balaban J connectivity index is 2.86. The van der Waals surface area contributed by atoms with Gasteiger partial charge in [-0.25, -0.2) is 0 Å². The van der Waals surface area contributed by atoms with E-state index >= 15 is 0 Å². The second-order valence-electron chi connectivity index (χ2n) is 6.25. The van der Waals surface area contributed by atoms with Crippen LogP contribution in [-0.4, -0.2) is 56.2 Å². The van der Waals surface area contributed by atoms with Crippen molar-refractivity contribution in [1.29, 1.82) is 0 Å². The number of unbranched alkanes of at least 4 members (excludes halogenated alkanes) is 1. The minimum Gasteiger partial charge on any atom is -0.356 e. The summed E-state index contributed by atoms with van der Waals surface area (Å²) in [6.45, 7) is 2.52. The number of hydrogen-bond donors (Lipinski definition) is 5. The second-order valence-corrected chi connectivity index (χ2v) is 10.4. The Morgan fingerprint density at radius 3 is 2.13 bits per heavy atom. The van der Waals surface area contributed by atoms with Gasteiger partial charge in [-0.2, -0.15) is 16.8 Å². The molecule has 0 spiro atoms. The molecule has 0 aliphatic carbocycles. The van der Waals surface area contributed by atoms with E-state index in [1.54, 1.807) is 0 Å². The van der Waals surface area contributed by atoms with Gasteiger partial charge in [0.2, 0.25) is 17.7 Å². The van der Waals surface area contributed by atoms with E-state index in [0.717, 1.165) is 0 Å². The lowest BCUT2D eigenvalue weighted by Gasteiger charge is -2.17. The molecule has 0 fully saturated rings. The third-order valence-corrected chi connectivity index (χ3v) is 7.18. The van der Waals surface area contributed by atoms with Crippen LogP contribution >= 0.6 is 11.3 Å². The molecule has 12 nitrogen and oxygen atoms in total. The molecule has 0 saturated carbocycles. The largest absolute Gasteiger partial charge is 0.356 e. The van der Waals surface area contributed by atoms with Gasteiger partial charge in [-0.3, -0.25) is 23.5 Å². The average Bonchev–Trinajstić information content (AvgIpc) is 3.02. The maximum Gasteiger partial charge on any atom is 0.304 e. The SMILES string of the molecule is CC(=O)NCCCCC(NC(C)=O)C(=O)NCc1sc(S(=O)(=O)O)cc1S(=O)(=O)O. The van der Waals surface area contributed by atoms with Crippen LogP contribution < -0.4 is 16.0 Å². The molecule has 0 bridgehead atoms. The summed E-state index contributed by atoms with van der Waals surface area (Å²) < 4.78 is 63.0. The molecule has 5 N–H and O–H groups in total. The van der Waals surface area contributed by atoms with Crippen molar-refractivity contribution >= 4 is 49.3 Å². The summed E-state index contributed by atoms with van der Waals surface area (Å²) in [5.41, 5.74) is 0. The molecule has 0 aliphatic heterocycles. The summed E-state index contributed by atoms with van der Waals surface area (Å²) >= 11 is 0.369. The van der Waals surface area contributed by atoms with Crippen LogP contribution in [0.2, 0.25) is 0 Å². The molecule has 0 radical (unpaired) electrons. The molecule has 1 rings (SSSR count). The normalized spacial score (nSPS) is 12.8. The van der Waals surface area contributed by atoms with E-state index in [-0.39, 0.29) is 17.2 Å². The average molecular weight is 486 g/mol. The first-order valence-corrected chi connectivity index (χ1v) is 12.3. The third-order valence-electron chi connectivity index (χ3n) is 3.69. The predicted molar refractivity (Wildman–Crippen MR) is 106 cm³/mol. The van der Waals surface area contributed by atoms with E-state index in [4.69, 9.17) is 4.55 Å². The number of carbonyl (C=O) groups is 3. The topological polar surface area (TPSA) is 196 Å². The van der Waals surface area contributed by atoms with Gasteiger partial charge in [0.05, 0.1) is 6.54 Å². The molecule has 0 aromatic carbocycles. The van der Waals surface area contributed by atoms with Gasteiger partial charge < -0.3 is 16.0 Å². The standard InChI is InChI=1S/C15H23N3O9S3/c1-9(19)16-6-4-3-5-11(18-10(2)20)15(21)17-8-12-13(29(22,23)24)7-14(28-12)30(25,26)27/h7,11H,3-6,8H2,1-2H3,(H,16,19)(H,17,21)(H,18,20)(H,22,23,24)(H,25,26,27). The Labute approximate surface area is 177 Å². The van der Waals surface area contributed by atoms with Crippen LogP contribution in [0.1, 0.15) is 38.0 Å². The zero-order chi connectivity index (χ0) is 23.1. The van der Waals surface area contributed by atoms with E-state index in [0.29, 0.717) is 36.8 Å². The zero-order valence-corrected chi connectivity index (χ0v) is 18.6. The molecule has 0 saturated heterocycles. The fourth-order valence-electron chi connectivity index (χ4n) is 2.40. The van der Waals surface area contributed by atoms with Crippen LogP contribution in [0.15, 0.2) is 15.2 Å². The number of nitrogens with one attached hydrogen (secondary N) is 3. The number of rotatable bonds is 11. The summed E-state index contributed by atoms with van der Waals surface area (Å²) in [6.07, 6.45) is 1.27. The van der Waals surface area contributed by atoms with Crippen molar-refractivity contribution in [1.82, 2.24) is 16.0 Å². The summed E-state index contributed by atoms with van der Waals surface area (Å²) in [5, 5.41) is 7.42. The van der Waals surface area contributed by atoms with Gasteiger partial charge in [0.25, 0.3) is 10.1 Å². The van der Waals surface area contributed by atoms with Crippen LogP contribution in [-0.2, 0) is 41.2 Å². The second kappa shape index (κ2) is 10.8. The van der Waals surface area contributed by atoms with Crippen LogP contribution in [0, 0.1) is 0 Å². The molecule has 1 atom stereocenters. The van der Waals surface area contributed by atoms with Crippen molar-refractivity contribution in [2.45, 2.75) is 54.8 Å². The van der Waals surface area contributed by atoms with Crippen molar-refractivity contribution in [2.75, 3.05) is 6.54 Å². The maximum atomic E-state index is 12.4. The van der Waals surface area contributed by atoms with E-state index in [9.17, 15) is 35.8 Å². The minimum atomic E-state index is -4.81. The first kappa shape index (κ1) is 26.0. The predicted octanol–water partition coefficient (Wildman–Crippen LogP) is -0.331. The Hall–Kier alpha value is -2.07.